The van der Waals surface area contributed by atoms with E-state index in [-0.39, 0.29) is 12.5 Å². The minimum absolute atomic E-state index is 0.132. The molecule has 1 aliphatic heterocycles. The Balaban J connectivity index is 2.11. The first kappa shape index (κ1) is 58.2. The topological polar surface area (TPSA) is 149 Å². The SMILES string of the molecule is CCCCCCCCCCCCCCCCCCCCCCCCCCCCCCC(=O)N[C@@H](CO[C@@H]1O[C@H](CO)[C@@H](O)C(O)C1O)[C@H](O)CCCCCCCCCCCC. The van der Waals surface area contributed by atoms with Gasteiger partial charge >= 0.3 is 0 Å². The molecule has 1 amide bonds. The van der Waals surface area contributed by atoms with E-state index >= 15 is 0 Å². The van der Waals surface area contributed by atoms with Crippen LogP contribution < -0.4 is 5.32 Å². The molecule has 0 aromatic heterocycles. The lowest BCUT2D eigenvalue weighted by Gasteiger charge is -2.40. The molecule has 9 nitrogen and oxygen atoms in total. The number of aliphatic hydroxyl groups excluding tert-OH is 5. The van der Waals surface area contributed by atoms with Crippen molar-refractivity contribution < 1.29 is 39.8 Å². The number of unbranched alkanes of at least 4 members (excludes halogenated alkanes) is 36. The third-order valence-electron chi connectivity index (χ3n) is 13.2. The molecule has 6 N–H and O–H groups in total. The van der Waals surface area contributed by atoms with Gasteiger partial charge in [-0.2, -0.15) is 0 Å². The van der Waals surface area contributed by atoms with Crippen LogP contribution in [0.3, 0.4) is 0 Å². The van der Waals surface area contributed by atoms with Gasteiger partial charge in [0.15, 0.2) is 6.29 Å². The van der Waals surface area contributed by atoms with E-state index in [0.717, 1.165) is 38.5 Å². The minimum atomic E-state index is -1.55. The highest BCUT2D eigenvalue weighted by atomic mass is 16.7. The molecule has 1 fully saturated rings. The molecular formula is C52H103NO8. The molecule has 0 aromatic rings. The van der Waals surface area contributed by atoms with E-state index in [1.165, 1.54) is 205 Å². The van der Waals surface area contributed by atoms with Crippen molar-refractivity contribution in [3.8, 4) is 0 Å². The maximum Gasteiger partial charge on any atom is 0.220 e. The van der Waals surface area contributed by atoms with Crippen molar-refractivity contribution in [1.82, 2.24) is 5.32 Å². The molecule has 0 bridgehead atoms. The second-order valence-corrected chi connectivity index (χ2v) is 19.0. The van der Waals surface area contributed by atoms with Crippen LogP contribution in [0.4, 0.5) is 0 Å². The molecule has 2 unspecified atom stereocenters. The van der Waals surface area contributed by atoms with Crippen LogP contribution in [0.25, 0.3) is 0 Å². The lowest BCUT2D eigenvalue weighted by Crippen LogP contribution is -2.60. The molecular weight excluding hydrogens is 767 g/mol. The summed E-state index contributed by atoms with van der Waals surface area (Å²) in [7, 11) is 0. The van der Waals surface area contributed by atoms with Crippen LogP contribution in [0, 0.1) is 0 Å². The summed E-state index contributed by atoms with van der Waals surface area (Å²) >= 11 is 0. The number of hydrogen-bond donors (Lipinski definition) is 6. The van der Waals surface area contributed by atoms with E-state index < -0.39 is 49.5 Å². The zero-order valence-electron chi connectivity index (χ0n) is 40.2. The Kier molecular flexibility index (Phi) is 41.1. The number of aliphatic hydroxyl groups is 5. The van der Waals surface area contributed by atoms with E-state index in [1.54, 1.807) is 0 Å². The third kappa shape index (κ3) is 33.3. The molecule has 9 heteroatoms. The monoisotopic (exact) mass is 870 g/mol. The van der Waals surface area contributed by atoms with E-state index in [0.29, 0.717) is 12.8 Å². The fraction of sp³-hybridized carbons (Fsp3) is 0.981. The number of carbonyl (C=O) groups is 1. The van der Waals surface area contributed by atoms with Crippen molar-refractivity contribution >= 4 is 5.91 Å². The zero-order chi connectivity index (χ0) is 44.4. The van der Waals surface area contributed by atoms with Crippen molar-refractivity contribution in [3.63, 3.8) is 0 Å². The molecule has 7 atom stereocenters. The summed E-state index contributed by atoms with van der Waals surface area (Å²) in [6.07, 6.45) is 42.9. The summed E-state index contributed by atoms with van der Waals surface area (Å²) in [5.74, 6) is -0.140. The highest BCUT2D eigenvalue weighted by Gasteiger charge is 2.44. The van der Waals surface area contributed by atoms with Crippen LogP contribution in [-0.2, 0) is 14.3 Å². The Hall–Kier alpha value is -0.810. The number of ether oxygens (including phenoxy) is 2. The second kappa shape index (κ2) is 43.1. The van der Waals surface area contributed by atoms with Gasteiger partial charge < -0.3 is 40.3 Å². The van der Waals surface area contributed by atoms with Gasteiger partial charge in [-0.25, -0.2) is 0 Å². The van der Waals surface area contributed by atoms with Crippen molar-refractivity contribution in [2.75, 3.05) is 13.2 Å². The van der Waals surface area contributed by atoms with Crippen molar-refractivity contribution in [2.24, 2.45) is 0 Å². The van der Waals surface area contributed by atoms with Gasteiger partial charge in [0.05, 0.1) is 25.4 Å². The van der Waals surface area contributed by atoms with Gasteiger partial charge in [-0.1, -0.05) is 251 Å². The number of rotatable bonds is 46. The molecule has 1 heterocycles. The van der Waals surface area contributed by atoms with Gasteiger partial charge in [0.25, 0.3) is 0 Å². The van der Waals surface area contributed by atoms with Crippen molar-refractivity contribution in [3.05, 3.63) is 0 Å². The smallest absolute Gasteiger partial charge is 0.220 e. The van der Waals surface area contributed by atoms with E-state index in [4.69, 9.17) is 9.47 Å². The molecule has 0 aromatic carbocycles. The van der Waals surface area contributed by atoms with Gasteiger partial charge in [0, 0.05) is 6.42 Å². The van der Waals surface area contributed by atoms with Gasteiger partial charge in [0.1, 0.15) is 24.4 Å². The van der Waals surface area contributed by atoms with Crippen LogP contribution >= 0.6 is 0 Å². The quantitative estimate of drug-likeness (QED) is 0.0331. The predicted molar refractivity (Wildman–Crippen MR) is 254 cm³/mol. The summed E-state index contributed by atoms with van der Waals surface area (Å²) < 4.78 is 11.3. The summed E-state index contributed by atoms with van der Waals surface area (Å²) in [5.41, 5.74) is 0. The zero-order valence-corrected chi connectivity index (χ0v) is 40.2. The summed E-state index contributed by atoms with van der Waals surface area (Å²) in [6.45, 7) is 3.85. The number of hydrogen-bond acceptors (Lipinski definition) is 8. The van der Waals surface area contributed by atoms with Crippen LogP contribution in [0.2, 0.25) is 0 Å². The van der Waals surface area contributed by atoms with Gasteiger partial charge in [-0.3, -0.25) is 4.79 Å². The second-order valence-electron chi connectivity index (χ2n) is 19.0. The lowest BCUT2D eigenvalue weighted by molar-refractivity contribution is -0.302. The first-order valence-corrected chi connectivity index (χ1v) is 26.7. The Morgan fingerprint density at radius 2 is 0.820 bits per heavy atom. The first-order chi connectivity index (χ1) is 29.8. The molecule has 0 saturated carbocycles. The maximum absolute atomic E-state index is 13.0. The Labute approximate surface area is 376 Å². The van der Waals surface area contributed by atoms with Crippen molar-refractivity contribution in [2.45, 2.75) is 314 Å². The van der Waals surface area contributed by atoms with Crippen LogP contribution in [0.1, 0.15) is 271 Å². The van der Waals surface area contributed by atoms with Crippen LogP contribution in [-0.4, -0.2) is 87.5 Å². The average molecular weight is 870 g/mol. The fourth-order valence-electron chi connectivity index (χ4n) is 8.93. The first-order valence-electron chi connectivity index (χ1n) is 26.7. The molecule has 1 aliphatic rings. The molecule has 0 radical (unpaired) electrons. The molecule has 61 heavy (non-hydrogen) atoms. The van der Waals surface area contributed by atoms with E-state index in [9.17, 15) is 30.3 Å². The Morgan fingerprint density at radius 1 is 0.492 bits per heavy atom. The van der Waals surface area contributed by atoms with Crippen LogP contribution in [0.15, 0.2) is 0 Å². The van der Waals surface area contributed by atoms with Crippen LogP contribution in [0.5, 0.6) is 0 Å². The predicted octanol–water partition coefficient (Wildman–Crippen LogP) is 12.3. The van der Waals surface area contributed by atoms with Gasteiger partial charge in [-0.15, -0.1) is 0 Å². The van der Waals surface area contributed by atoms with Gasteiger partial charge in [0.2, 0.25) is 5.91 Å². The summed E-state index contributed by atoms with van der Waals surface area (Å²) in [4.78, 5) is 13.0. The Bertz CT molecular complexity index is 924. The number of carbonyl (C=O) groups excluding carboxylic acids is 1. The summed E-state index contributed by atoms with van der Waals surface area (Å²) in [5, 5.41) is 54.3. The normalized spacial score (nSPS) is 20.3. The summed E-state index contributed by atoms with van der Waals surface area (Å²) in [6, 6.07) is -0.711. The number of amides is 1. The standard InChI is InChI=1S/C52H103NO8/c1-3-5-7-9-11-13-15-16-17-18-19-20-21-22-23-24-25-26-27-28-29-30-31-32-34-36-38-40-42-48(56)53-45(44-60-52-51(59)50(58)49(57)47(43-54)61-52)46(55)41-39-37-35-33-14-12-10-8-6-4-2/h45-47,49-52,54-55,57-59H,3-44H2,1-2H3,(H,53,56)/t45-,46+,47+,49+,50?,51?,52+/m0/s1. The largest absolute Gasteiger partial charge is 0.394 e. The van der Waals surface area contributed by atoms with E-state index in [1.807, 2.05) is 0 Å². The average Bonchev–Trinajstić information content (AvgIpc) is 3.26. The molecule has 0 spiro atoms. The number of nitrogens with one attached hydrogen (secondary N) is 1. The highest BCUT2D eigenvalue weighted by Crippen LogP contribution is 2.23. The maximum atomic E-state index is 13.0. The fourth-order valence-corrected chi connectivity index (χ4v) is 8.93. The minimum Gasteiger partial charge on any atom is -0.394 e. The lowest BCUT2D eigenvalue weighted by atomic mass is 9.99. The van der Waals surface area contributed by atoms with Crippen molar-refractivity contribution in [1.29, 1.82) is 0 Å². The molecule has 0 aliphatic carbocycles. The van der Waals surface area contributed by atoms with E-state index in [2.05, 4.69) is 19.2 Å². The third-order valence-corrected chi connectivity index (χ3v) is 13.2. The molecule has 364 valence electrons. The molecule has 1 saturated heterocycles. The van der Waals surface area contributed by atoms with Gasteiger partial charge in [-0.05, 0) is 12.8 Å². The Morgan fingerprint density at radius 3 is 1.16 bits per heavy atom. The molecule has 1 rings (SSSR count). The highest BCUT2D eigenvalue weighted by molar-refractivity contribution is 5.76.